The molecule has 4 aliphatic carbocycles. The van der Waals surface area contributed by atoms with Crippen LogP contribution >= 0.6 is 0 Å². The molecule has 4 rings (SSSR count). The molecule has 6 heteroatoms. The summed E-state index contributed by atoms with van der Waals surface area (Å²) in [6, 6.07) is 0. The molecule has 0 aromatic heterocycles. The van der Waals surface area contributed by atoms with E-state index < -0.39 is 34.9 Å². The van der Waals surface area contributed by atoms with Gasteiger partial charge in [0.1, 0.15) is 12.2 Å². The van der Waals surface area contributed by atoms with Gasteiger partial charge in [-0.05, 0) is 61.7 Å². The fourth-order valence-electron chi connectivity index (χ4n) is 7.34. The summed E-state index contributed by atoms with van der Waals surface area (Å²) >= 11 is 0. The van der Waals surface area contributed by atoms with E-state index in [2.05, 4.69) is 0 Å². The van der Waals surface area contributed by atoms with Gasteiger partial charge in [0.25, 0.3) is 0 Å². The number of fused-ring (bicyclic) bond motifs is 5. The van der Waals surface area contributed by atoms with Crippen molar-refractivity contribution < 1.29 is 30.0 Å². The number of carbonyl (C=O) groups is 2. The molecule has 28 heavy (non-hydrogen) atoms. The van der Waals surface area contributed by atoms with E-state index in [0.29, 0.717) is 24.8 Å². The molecule has 6 nitrogen and oxygen atoms in total. The highest BCUT2D eigenvalue weighted by molar-refractivity contribution is 6.02. The minimum Gasteiger partial charge on any atom is -0.393 e. The fraction of sp³-hybridized carbons (Fsp3) is 0.727. The molecule has 0 bridgehead atoms. The van der Waals surface area contributed by atoms with Gasteiger partial charge in [-0.1, -0.05) is 19.4 Å². The molecular weight excluding hydrogens is 360 g/mol. The van der Waals surface area contributed by atoms with E-state index in [0.717, 1.165) is 12.0 Å². The van der Waals surface area contributed by atoms with Gasteiger partial charge in [-0.3, -0.25) is 9.59 Å². The van der Waals surface area contributed by atoms with Crippen molar-refractivity contribution in [2.45, 2.75) is 57.7 Å². The molecule has 0 aromatic rings. The van der Waals surface area contributed by atoms with Crippen LogP contribution < -0.4 is 0 Å². The van der Waals surface area contributed by atoms with Crippen LogP contribution in [0.2, 0.25) is 0 Å². The predicted octanol–water partition coefficient (Wildman–Crippen LogP) is 0.920. The van der Waals surface area contributed by atoms with Gasteiger partial charge in [0.05, 0.1) is 12.7 Å². The lowest BCUT2D eigenvalue weighted by Crippen LogP contribution is -2.62. The van der Waals surface area contributed by atoms with Crippen LogP contribution in [-0.4, -0.2) is 56.9 Å². The van der Waals surface area contributed by atoms with E-state index in [1.54, 1.807) is 6.08 Å². The zero-order valence-electron chi connectivity index (χ0n) is 16.5. The highest BCUT2D eigenvalue weighted by Gasteiger charge is 2.68. The third-order valence-electron chi connectivity index (χ3n) is 8.76. The summed E-state index contributed by atoms with van der Waals surface area (Å²) in [6.07, 6.45) is 5.06. The van der Waals surface area contributed by atoms with Crippen molar-refractivity contribution in [3.05, 3.63) is 23.3 Å². The van der Waals surface area contributed by atoms with Gasteiger partial charge in [0, 0.05) is 16.7 Å². The second kappa shape index (κ2) is 6.33. The van der Waals surface area contributed by atoms with Crippen LogP contribution in [0.15, 0.2) is 23.3 Å². The lowest BCUT2D eigenvalue weighted by Gasteiger charge is -2.60. The largest absolute Gasteiger partial charge is 0.393 e. The maximum atomic E-state index is 12.4. The minimum atomic E-state index is -1.62. The smallest absolute Gasteiger partial charge is 0.190 e. The molecule has 0 saturated heterocycles. The number of hydrogen-bond donors (Lipinski definition) is 4. The van der Waals surface area contributed by atoms with Crippen molar-refractivity contribution >= 4 is 11.6 Å². The second-order valence-electron chi connectivity index (χ2n) is 9.61. The first-order chi connectivity index (χ1) is 13.1. The van der Waals surface area contributed by atoms with Crippen molar-refractivity contribution in [3.63, 3.8) is 0 Å². The molecule has 3 fully saturated rings. The Kier molecular flexibility index (Phi) is 4.51. The summed E-state index contributed by atoms with van der Waals surface area (Å²) in [4.78, 5) is 24.5. The van der Waals surface area contributed by atoms with E-state index in [-0.39, 0.29) is 36.6 Å². The molecule has 0 unspecified atom stereocenters. The molecule has 4 N–H and O–H groups in total. The highest BCUT2D eigenvalue weighted by Crippen LogP contribution is 2.67. The van der Waals surface area contributed by atoms with E-state index in [1.165, 1.54) is 6.08 Å². The zero-order chi connectivity index (χ0) is 20.5. The molecule has 154 valence electrons. The van der Waals surface area contributed by atoms with Crippen LogP contribution in [0.3, 0.4) is 0 Å². The summed E-state index contributed by atoms with van der Waals surface area (Å²) in [6.45, 7) is 2.95. The van der Waals surface area contributed by atoms with Crippen molar-refractivity contribution in [2.24, 2.45) is 28.6 Å². The Labute approximate surface area is 165 Å². The van der Waals surface area contributed by atoms with Crippen molar-refractivity contribution in [1.82, 2.24) is 0 Å². The molecule has 0 radical (unpaired) electrons. The van der Waals surface area contributed by atoms with E-state index in [9.17, 15) is 30.0 Å². The number of ketones is 2. The maximum Gasteiger partial charge on any atom is 0.190 e. The summed E-state index contributed by atoms with van der Waals surface area (Å²) < 4.78 is 0. The summed E-state index contributed by atoms with van der Waals surface area (Å²) in [7, 11) is 0. The van der Waals surface area contributed by atoms with Gasteiger partial charge >= 0.3 is 0 Å². The Morgan fingerprint density at radius 1 is 1.21 bits per heavy atom. The van der Waals surface area contributed by atoms with Crippen molar-refractivity contribution in [1.29, 1.82) is 0 Å². The van der Waals surface area contributed by atoms with E-state index in [1.807, 2.05) is 13.8 Å². The van der Waals surface area contributed by atoms with Crippen LogP contribution in [0.1, 0.15) is 46.0 Å². The molecule has 0 aliphatic heterocycles. The number of rotatable bonds is 3. The maximum absolute atomic E-state index is 12.4. The number of hydrogen-bond acceptors (Lipinski definition) is 6. The molecule has 0 heterocycles. The topological polar surface area (TPSA) is 115 Å². The Balaban J connectivity index is 1.78. The van der Waals surface area contributed by atoms with E-state index >= 15 is 0 Å². The average Bonchev–Trinajstić information content (AvgIpc) is 2.92. The molecule has 3 saturated carbocycles. The lowest BCUT2D eigenvalue weighted by atomic mass is 9.45. The molecule has 4 aliphatic rings. The van der Waals surface area contributed by atoms with Gasteiger partial charge in [0.2, 0.25) is 0 Å². The van der Waals surface area contributed by atoms with Gasteiger partial charge in [-0.25, -0.2) is 0 Å². The van der Waals surface area contributed by atoms with Crippen LogP contribution in [-0.2, 0) is 9.59 Å². The van der Waals surface area contributed by atoms with Crippen LogP contribution in [0.5, 0.6) is 0 Å². The minimum absolute atomic E-state index is 0.0392. The first-order valence-corrected chi connectivity index (χ1v) is 10.2. The number of allylic oxidation sites excluding steroid dienone is 3. The molecule has 0 spiro atoms. The average molecular weight is 390 g/mol. The Hall–Kier alpha value is -1.34. The van der Waals surface area contributed by atoms with Crippen LogP contribution in [0.4, 0.5) is 0 Å². The van der Waals surface area contributed by atoms with Gasteiger partial charge < -0.3 is 20.4 Å². The third kappa shape index (κ3) is 2.29. The Morgan fingerprint density at radius 2 is 1.93 bits per heavy atom. The second-order valence-corrected chi connectivity index (χ2v) is 9.61. The first-order valence-electron chi connectivity index (χ1n) is 10.2. The monoisotopic (exact) mass is 390 g/mol. The zero-order valence-corrected chi connectivity index (χ0v) is 16.5. The molecule has 0 aromatic carbocycles. The summed E-state index contributed by atoms with van der Waals surface area (Å²) in [5.74, 6) is -0.751. The molecule has 0 amide bonds. The fourth-order valence-corrected chi connectivity index (χ4v) is 7.34. The third-order valence-corrected chi connectivity index (χ3v) is 8.76. The van der Waals surface area contributed by atoms with Crippen LogP contribution in [0, 0.1) is 28.6 Å². The van der Waals surface area contributed by atoms with Crippen LogP contribution in [0.25, 0.3) is 0 Å². The van der Waals surface area contributed by atoms with E-state index in [4.69, 9.17) is 0 Å². The van der Waals surface area contributed by atoms with Crippen molar-refractivity contribution in [3.8, 4) is 0 Å². The number of carbonyl (C=O) groups excluding carboxylic acids is 2. The lowest BCUT2D eigenvalue weighted by molar-refractivity contribution is -0.179. The standard InChI is InChI=1S/C22H30O6/c1-20-9-17(26)19-15(16(20)5-6-22(20,28)18(27)11-24)4-3-12-7-14(25)8-13(10-23)21(12,19)2/h7-8,15-17,19,23-24,26,28H,3-6,9-11H2,1-2H3/t15-,16-,17-,19+,20-,21+,22-/m0/s1. The Bertz CT molecular complexity index is 766. The first kappa shape index (κ1) is 20.0. The van der Waals surface area contributed by atoms with Gasteiger partial charge in [-0.2, -0.15) is 0 Å². The van der Waals surface area contributed by atoms with Crippen molar-refractivity contribution in [2.75, 3.05) is 13.2 Å². The number of Topliss-reactive ketones (excluding diaryl/α,β-unsaturated/α-hetero) is 1. The van der Waals surface area contributed by atoms with Gasteiger partial charge in [-0.15, -0.1) is 0 Å². The number of aliphatic hydroxyl groups is 4. The predicted molar refractivity (Wildman–Crippen MR) is 101 cm³/mol. The number of aliphatic hydroxyl groups excluding tert-OH is 3. The molecular formula is C22H30O6. The Morgan fingerprint density at radius 3 is 2.57 bits per heavy atom. The normalized spacial score (nSPS) is 47.6. The summed E-state index contributed by atoms with van der Waals surface area (Å²) in [5.41, 5.74) is -1.39. The SMILES string of the molecule is C[C@]12C(CO)=CC(=O)C=C1CC[C@@H]1[C@@H]2[C@@H](O)C[C@@]2(C)[C@H]1CC[C@]2(O)C(=O)CO. The van der Waals surface area contributed by atoms with Gasteiger partial charge in [0.15, 0.2) is 11.6 Å². The summed E-state index contributed by atoms with van der Waals surface area (Å²) in [5, 5.41) is 41.9. The quantitative estimate of drug-likeness (QED) is 0.570. The molecule has 7 atom stereocenters. The highest BCUT2D eigenvalue weighted by atomic mass is 16.3.